The van der Waals surface area contributed by atoms with Crippen molar-refractivity contribution in [2.75, 3.05) is 19.7 Å². The molecule has 148 valence electrons. The molecule has 7 nitrogen and oxygen atoms in total. The Bertz CT molecular complexity index is 818. The van der Waals surface area contributed by atoms with Crippen LogP contribution in [0.4, 0.5) is 0 Å². The van der Waals surface area contributed by atoms with Gasteiger partial charge in [-0.1, -0.05) is 30.3 Å². The van der Waals surface area contributed by atoms with Gasteiger partial charge in [0.2, 0.25) is 5.91 Å². The molecule has 2 heterocycles. The Morgan fingerprint density at radius 3 is 2.61 bits per heavy atom. The number of carbonyl (C=O) groups excluding carboxylic acids is 2. The number of hydrogen-bond acceptors (Lipinski definition) is 5. The van der Waals surface area contributed by atoms with Crippen LogP contribution >= 0.6 is 0 Å². The number of aliphatic hydroxyl groups is 1. The number of likely N-dealkylation sites (tertiary alicyclic amines) is 1. The van der Waals surface area contributed by atoms with E-state index in [-0.39, 0.29) is 30.8 Å². The number of nitrogens with one attached hydrogen (secondary N) is 1. The molecular weight excluding hydrogens is 356 g/mol. The Morgan fingerprint density at radius 2 is 1.93 bits per heavy atom. The molecule has 1 saturated heterocycles. The SMILES string of the molecule is Cc1ncc(C(=O)NCc2ccccc2)c(C2CCN(C(=O)CCO)CC2)n1. The largest absolute Gasteiger partial charge is 0.396 e. The van der Waals surface area contributed by atoms with Gasteiger partial charge >= 0.3 is 0 Å². The van der Waals surface area contributed by atoms with Crippen molar-refractivity contribution in [3.8, 4) is 0 Å². The fourth-order valence-corrected chi connectivity index (χ4v) is 3.50. The lowest BCUT2D eigenvalue weighted by Gasteiger charge is -2.32. The van der Waals surface area contributed by atoms with E-state index in [4.69, 9.17) is 5.11 Å². The van der Waals surface area contributed by atoms with E-state index in [9.17, 15) is 9.59 Å². The molecule has 3 rings (SSSR count). The maximum absolute atomic E-state index is 12.8. The van der Waals surface area contributed by atoms with Gasteiger partial charge in [0, 0.05) is 38.2 Å². The van der Waals surface area contributed by atoms with Gasteiger partial charge in [-0.3, -0.25) is 9.59 Å². The minimum absolute atomic E-state index is 0.0272. The van der Waals surface area contributed by atoms with Gasteiger partial charge in [0.1, 0.15) is 5.82 Å². The third-order valence-corrected chi connectivity index (χ3v) is 5.04. The number of aliphatic hydroxyl groups excluding tert-OH is 1. The Balaban J connectivity index is 1.69. The minimum Gasteiger partial charge on any atom is -0.396 e. The first-order valence-electron chi connectivity index (χ1n) is 9.62. The Labute approximate surface area is 164 Å². The molecule has 7 heteroatoms. The smallest absolute Gasteiger partial charge is 0.254 e. The molecule has 1 aliphatic rings. The van der Waals surface area contributed by atoms with E-state index in [1.807, 2.05) is 37.3 Å². The summed E-state index contributed by atoms with van der Waals surface area (Å²) in [5.41, 5.74) is 2.29. The number of hydrogen-bond donors (Lipinski definition) is 2. The number of aromatic nitrogens is 2. The van der Waals surface area contributed by atoms with Crippen LogP contribution in [0, 0.1) is 6.92 Å². The van der Waals surface area contributed by atoms with Crippen LogP contribution in [-0.2, 0) is 11.3 Å². The first-order valence-corrected chi connectivity index (χ1v) is 9.62. The van der Waals surface area contributed by atoms with Crippen LogP contribution in [0.1, 0.15) is 52.6 Å². The lowest BCUT2D eigenvalue weighted by atomic mass is 9.90. The summed E-state index contributed by atoms with van der Waals surface area (Å²) < 4.78 is 0. The maximum Gasteiger partial charge on any atom is 0.254 e. The molecule has 0 atom stereocenters. The molecular formula is C21H26N4O3. The first kappa shape index (κ1) is 19.9. The van der Waals surface area contributed by atoms with Gasteiger partial charge in [0.25, 0.3) is 5.91 Å². The summed E-state index contributed by atoms with van der Waals surface area (Å²) >= 11 is 0. The summed E-state index contributed by atoms with van der Waals surface area (Å²) in [6.45, 7) is 3.35. The molecule has 1 aromatic carbocycles. The molecule has 1 fully saturated rings. The molecule has 0 bridgehead atoms. The quantitative estimate of drug-likeness (QED) is 0.794. The highest BCUT2D eigenvalue weighted by Gasteiger charge is 2.28. The zero-order valence-electron chi connectivity index (χ0n) is 16.1. The average Bonchev–Trinajstić information content (AvgIpc) is 2.73. The summed E-state index contributed by atoms with van der Waals surface area (Å²) in [7, 11) is 0. The fraction of sp³-hybridized carbons (Fsp3) is 0.429. The summed E-state index contributed by atoms with van der Waals surface area (Å²) in [4.78, 5) is 35.3. The molecule has 1 aromatic heterocycles. The molecule has 2 N–H and O–H groups in total. The lowest BCUT2D eigenvalue weighted by Crippen LogP contribution is -2.38. The van der Waals surface area contributed by atoms with Crippen molar-refractivity contribution < 1.29 is 14.7 Å². The Hall–Kier alpha value is -2.80. The molecule has 28 heavy (non-hydrogen) atoms. The van der Waals surface area contributed by atoms with Crippen LogP contribution < -0.4 is 5.32 Å². The molecule has 0 radical (unpaired) electrons. The van der Waals surface area contributed by atoms with Crippen LogP contribution in [0.3, 0.4) is 0 Å². The van der Waals surface area contributed by atoms with E-state index < -0.39 is 0 Å². The molecule has 0 unspecified atom stereocenters. The number of rotatable bonds is 6. The average molecular weight is 382 g/mol. The monoisotopic (exact) mass is 382 g/mol. The van der Waals surface area contributed by atoms with Crippen molar-refractivity contribution in [2.24, 2.45) is 0 Å². The molecule has 2 amide bonds. The first-order chi connectivity index (χ1) is 13.6. The van der Waals surface area contributed by atoms with Gasteiger partial charge < -0.3 is 15.3 Å². The van der Waals surface area contributed by atoms with Gasteiger partial charge in [-0.05, 0) is 25.3 Å². The summed E-state index contributed by atoms with van der Waals surface area (Å²) in [6, 6.07) is 9.74. The van der Waals surface area contributed by atoms with E-state index in [2.05, 4.69) is 15.3 Å². The van der Waals surface area contributed by atoms with Crippen LogP contribution in [0.25, 0.3) is 0 Å². The van der Waals surface area contributed by atoms with Crippen LogP contribution in [-0.4, -0.2) is 51.5 Å². The number of carbonyl (C=O) groups is 2. The standard InChI is InChI=1S/C21H26N4O3/c1-15-22-14-18(21(28)23-13-16-5-3-2-4-6-16)20(24-15)17-7-10-25(11-8-17)19(27)9-12-26/h2-6,14,17,26H,7-13H2,1H3,(H,23,28). The van der Waals surface area contributed by atoms with E-state index in [1.165, 1.54) is 0 Å². The van der Waals surface area contributed by atoms with Crippen molar-refractivity contribution in [1.29, 1.82) is 0 Å². The third-order valence-electron chi connectivity index (χ3n) is 5.04. The predicted molar refractivity (Wildman–Crippen MR) is 105 cm³/mol. The van der Waals surface area contributed by atoms with Gasteiger partial charge in [-0.15, -0.1) is 0 Å². The van der Waals surface area contributed by atoms with E-state index in [1.54, 1.807) is 11.1 Å². The Morgan fingerprint density at radius 1 is 1.21 bits per heavy atom. The van der Waals surface area contributed by atoms with E-state index in [0.29, 0.717) is 31.0 Å². The number of amides is 2. The van der Waals surface area contributed by atoms with Gasteiger partial charge in [0.15, 0.2) is 0 Å². The number of aryl methyl sites for hydroxylation is 1. The number of nitrogens with zero attached hydrogens (tertiary/aromatic N) is 3. The predicted octanol–water partition coefficient (Wildman–Crippen LogP) is 1.80. The van der Waals surface area contributed by atoms with Gasteiger partial charge in [-0.2, -0.15) is 0 Å². The number of benzene rings is 1. The summed E-state index contributed by atoms with van der Waals surface area (Å²) in [5.74, 6) is 0.532. The highest BCUT2D eigenvalue weighted by molar-refractivity contribution is 5.95. The molecule has 0 spiro atoms. The highest BCUT2D eigenvalue weighted by atomic mass is 16.3. The Kier molecular flexibility index (Phi) is 6.71. The van der Waals surface area contributed by atoms with Crippen molar-refractivity contribution in [3.63, 3.8) is 0 Å². The lowest BCUT2D eigenvalue weighted by molar-refractivity contribution is -0.132. The third kappa shape index (κ3) is 4.92. The van der Waals surface area contributed by atoms with Crippen molar-refractivity contribution in [1.82, 2.24) is 20.2 Å². The van der Waals surface area contributed by atoms with Gasteiger partial charge in [-0.25, -0.2) is 9.97 Å². The zero-order chi connectivity index (χ0) is 19.9. The zero-order valence-corrected chi connectivity index (χ0v) is 16.1. The molecule has 2 aromatic rings. The van der Waals surface area contributed by atoms with Crippen molar-refractivity contribution in [3.05, 3.63) is 59.2 Å². The molecule has 0 saturated carbocycles. The van der Waals surface area contributed by atoms with Crippen molar-refractivity contribution in [2.45, 2.75) is 38.6 Å². The normalized spacial score (nSPS) is 14.7. The maximum atomic E-state index is 12.8. The highest BCUT2D eigenvalue weighted by Crippen LogP contribution is 2.29. The second-order valence-electron chi connectivity index (χ2n) is 7.01. The molecule has 1 aliphatic heterocycles. The van der Waals surface area contributed by atoms with Crippen LogP contribution in [0.15, 0.2) is 36.5 Å². The molecule has 0 aliphatic carbocycles. The summed E-state index contributed by atoms with van der Waals surface area (Å²) in [5, 5.41) is 11.9. The second-order valence-corrected chi connectivity index (χ2v) is 7.01. The minimum atomic E-state index is -0.183. The van der Waals surface area contributed by atoms with E-state index in [0.717, 1.165) is 24.1 Å². The summed E-state index contributed by atoms with van der Waals surface area (Å²) in [6.07, 6.45) is 3.24. The van der Waals surface area contributed by atoms with Gasteiger partial charge in [0.05, 0.1) is 17.9 Å². The van der Waals surface area contributed by atoms with Crippen LogP contribution in [0.5, 0.6) is 0 Å². The topological polar surface area (TPSA) is 95.4 Å². The second kappa shape index (κ2) is 9.41. The van der Waals surface area contributed by atoms with Crippen molar-refractivity contribution >= 4 is 11.8 Å². The van der Waals surface area contributed by atoms with E-state index >= 15 is 0 Å². The van der Waals surface area contributed by atoms with Crippen LogP contribution in [0.2, 0.25) is 0 Å². The number of piperidine rings is 1. The fourth-order valence-electron chi connectivity index (χ4n) is 3.50.